The van der Waals surface area contributed by atoms with Crippen LogP contribution in [0.4, 0.5) is 0 Å². The molecule has 0 fully saturated rings. The number of thioether (sulfide) groups is 1. The number of hydrogen-bond donors (Lipinski definition) is 1. The second kappa shape index (κ2) is 12.4. The van der Waals surface area contributed by atoms with Crippen LogP contribution in [0.1, 0.15) is 36.4 Å². The lowest BCUT2D eigenvalue weighted by atomic mass is 10.2. The van der Waals surface area contributed by atoms with Gasteiger partial charge in [-0.2, -0.15) is 4.98 Å². The van der Waals surface area contributed by atoms with E-state index < -0.39 is 0 Å². The molecule has 0 aliphatic heterocycles. The fourth-order valence-electron chi connectivity index (χ4n) is 4.44. The molecule has 40 heavy (non-hydrogen) atoms. The van der Waals surface area contributed by atoms with Gasteiger partial charge in [-0.25, -0.2) is 4.98 Å². The van der Waals surface area contributed by atoms with Crippen molar-refractivity contribution in [1.29, 1.82) is 0 Å². The summed E-state index contributed by atoms with van der Waals surface area (Å²) in [5.41, 5.74) is 3.87. The molecule has 0 aliphatic rings. The lowest BCUT2D eigenvalue weighted by Crippen LogP contribution is -2.27. The quantitative estimate of drug-likeness (QED) is 0.175. The minimum atomic E-state index is -0.155. The number of rotatable bonds is 11. The van der Waals surface area contributed by atoms with Crippen molar-refractivity contribution < 1.29 is 9.26 Å². The van der Waals surface area contributed by atoms with Gasteiger partial charge < -0.3 is 19.1 Å². The average Bonchev–Trinajstić information content (AvgIpc) is 3.57. The topological polar surface area (TPSA) is 97.1 Å². The maximum Gasteiger partial charge on any atom is 0.268 e. The van der Waals surface area contributed by atoms with Crippen LogP contribution in [0.15, 0.2) is 56.7 Å². The van der Waals surface area contributed by atoms with Crippen molar-refractivity contribution in [2.45, 2.75) is 45.3 Å². The molecule has 3 aromatic heterocycles. The van der Waals surface area contributed by atoms with E-state index in [-0.39, 0.29) is 5.56 Å². The number of benzene rings is 2. The Kier molecular flexibility index (Phi) is 8.68. The zero-order chi connectivity index (χ0) is 28.2. The molecule has 208 valence electrons. The van der Waals surface area contributed by atoms with Crippen LogP contribution in [0.5, 0.6) is 5.75 Å². The van der Waals surface area contributed by atoms with Gasteiger partial charge >= 0.3 is 0 Å². The monoisotopic (exact) mass is 575 g/mol. The number of nitrogens with one attached hydrogen (secondary N) is 1. The summed E-state index contributed by atoms with van der Waals surface area (Å²) in [5.74, 6) is 2.87. The highest BCUT2D eigenvalue weighted by Crippen LogP contribution is 2.36. The summed E-state index contributed by atoms with van der Waals surface area (Å²) < 4.78 is 11.5. The fourth-order valence-corrected chi connectivity index (χ4v) is 6.55. The largest absolute Gasteiger partial charge is 0.492 e. The highest BCUT2D eigenvalue weighted by Gasteiger charge is 2.20. The van der Waals surface area contributed by atoms with Gasteiger partial charge in [-0.05, 0) is 75.3 Å². The number of ether oxygens (including phenoxy) is 1. The molecule has 8 nitrogen and oxygen atoms in total. The lowest BCUT2D eigenvalue weighted by molar-refractivity contribution is 0.223. The summed E-state index contributed by atoms with van der Waals surface area (Å²) in [5, 5.41) is 4.75. The van der Waals surface area contributed by atoms with Crippen LogP contribution in [0.2, 0.25) is 0 Å². The second-order valence-electron chi connectivity index (χ2n) is 9.63. The van der Waals surface area contributed by atoms with Gasteiger partial charge in [0.1, 0.15) is 23.0 Å². The van der Waals surface area contributed by atoms with Gasteiger partial charge in [-0.1, -0.05) is 36.7 Å². The molecule has 3 heterocycles. The first-order valence-electron chi connectivity index (χ1n) is 13.4. The van der Waals surface area contributed by atoms with Gasteiger partial charge in [0.05, 0.1) is 16.0 Å². The summed E-state index contributed by atoms with van der Waals surface area (Å²) in [4.78, 5) is 30.3. The summed E-state index contributed by atoms with van der Waals surface area (Å²) in [7, 11) is 0. The van der Waals surface area contributed by atoms with Gasteiger partial charge in [0.25, 0.3) is 11.4 Å². The predicted molar refractivity (Wildman–Crippen MR) is 162 cm³/mol. The van der Waals surface area contributed by atoms with Crippen LogP contribution >= 0.6 is 23.1 Å². The summed E-state index contributed by atoms with van der Waals surface area (Å²) >= 11 is 3.07. The van der Waals surface area contributed by atoms with E-state index in [1.54, 1.807) is 11.8 Å². The molecular weight excluding hydrogens is 542 g/mol. The Morgan fingerprint density at radius 3 is 2.58 bits per heavy atom. The first kappa shape index (κ1) is 28.1. The van der Waals surface area contributed by atoms with Crippen molar-refractivity contribution in [2.75, 3.05) is 26.2 Å². The van der Waals surface area contributed by atoms with E-state index in [1.165, 1.54) is 27.4 Å². The fraction of sp³-hybridized carbons (Fsp3) is 0.333. The molecule has 0 atom stereocenters. The van der Waals surface area contributed by atoms with Crippen molar-refractivity contribution in [2.24, 2.45) is 0 Å². The third-order valence-electron chi connectivity index (χ3n) is 6.86. The summed E-state index contributed by atoms with van der Waals surface area (Å²) in [6.07, 6.45) is 0. The number of aromatic amines is 1. The molecule has 0 spiro atoms. The van der Waals surface area contributed by atoms with Crippen LogP contribution in [0.25, 0.3) is 32.4 Å². The van der Waals surface area contributed by atoms with Crippen molar-refractivity contribution in [1.82, 2.24) is 25.0 Å². The van der Waals surface area contributed by atoms with E-state index >= 15 is 0 Å². The van der Waals surface area contributed by atoms with E-state index in [4.69, 9.17) is 14.2 Å². The van der Waals surface area contributed by atoms with Gasteiger partial charge in [-0.15, -0.1) is 23.1 Å². The number of H-pyrrole nitrogens is 1. The highest BCUT2D eigenvalue weighted by molar-refractivity contribution is 7.98. The molecule has 0 unspecified atom stereocenters. The molecule has 0 radical (unpaired) electrons. The SMILES string of the molecule is CCN(CC)CCOc1ccc(-c2noc(-c3sc4nc(CSc5cc(C)ccc5C)[nH]c(=O)c4c3C)n2)cc1. The number of aryl methyl sites for hydroxylation is 3. The van der Waals surface area contributed by atoms with Crippen LogP contribution in [0.3, 0.4) is 0 Å². The minimum absolute atomic E-state index is 0.155. The van der Waals surface area contributed by atoms with Crippen molar-refractivity contribution in [3.63, 3.8) is 0 Å². The summed E-state index contributed by atoms with van der Waals surface area (Å²) in [6, 6.07) is 14.0. The van der Waals surface area contributed by atoms with E-state index in [0.717, 1.165) is 41.4 Å². The summed E-state index contributed by atoms with van der Waals surface area (Å²) in [6.45, 7) is 13.9. The molecule has 0 amide bonds. The number of hydrogen-bond acceptors (Lipinski definition) is 9. The molecule has 0 aliphatic carbocycles. The zero-order valence-electron chi connectivity index (χ0n) is 23.4. The Labute approximate surface area is 241 Å². The molecule has 0 saturated carbocycles. The maximum atomic E-state index is 13.0. The number of thiophene rings is 1. The molecule has 5 rings (SSSR count). The Morgan fingerprint density at radius 1 is 1.05 bits per heavy atom. The van der Waals surface area contributed by atoms with Gasteiger partial charge in [-0.3, -0.25) is 4.79 Å². The van der Waals surface area contributed by atoms with Crippen LogP contribution in [-0.4, -0.2) is 51.2 Å². The van der Waals surface area contributed by atoms with Crippen LogP contribution in [0, 0.1) is 20.8 Å². The molecule has 0 bridgehead atoms. The molecule has 5 aromatic rings. The Morgan fingerprint density at radius 2 is 1.82 bits per heavy atom. The molecule has 0 saturated heterocycles. The van der Waals surface area contributed by atoms with E-state index in [1.807, 2.05) is 31.2 Å². The zero-order valence-corrected chi connectivity index (χ0v) is 25.0. The Hall–Kier alpha value is -3.47. The molecular formula is C30H33N5O3S2. The van der Waals surface area contributed by atoms with Crippen molar-refractivity contribution >= 4 is 33.3 Å². The highest BCUT2D eigenvalue weighted by atomic mass is 32.2. The van der Waals surface area contributed by atoms with E-state index in [9.17, 15) is 4.79 Å². The predicted octanol–water partition coefficient (Wildman–Crippen LogP) is 6.64. The lowest BCUT2D eigenvalue weighted by Gasteiger charge is -2.17. The normalized spacial score (nSPS) is 11.6. The molecule has 2 aromatic carbocycles. The Balaban J connectivity index is 1.32. The minimum Gasteiger partial charge on any atom is -0.492 e. The smallest absolute Gasteiger partial charge is 0.268 e. The maximum absolute atomic E-state index is 13.0. The number of fused-ring (bicyclic) bond motifs is 1. The second-order valence-corrected chi connectivity index (χ2v) is 11.6. The van der Waals surface area contributed by atoms with Crippen molar-refractivity contribution in [3.8, 4) is 27.9 Å². The van der Waals surface area contributed by atoms with E-state index in [2.05, 4.69) is 65.9 Å². The first-order valence-corrected chi connectivity index (χ1v) is 15.2. The average molecular weight is 576 g/mol. The molecule has 1 N–H and O–H groups in total. The van der Waals surface area contributed by atoms with Crippen LogP contribution < -0.4 is 10.3 Å². The number of aromatic nitrogens is 4. The Bertz CT molecular complexity index is 1670. The van der Waals surface area contributed by atoms with Gasteiger partial charge in [0.15, 0.2) is 0 Å². The third kappa shape index (κ3) is 6.14. The van der Waals surface area contributed by atoms with E-state index in [0.29, 0.717) is 40.1 Å². The van der Waals surface area contributed by atoms with Gasteiger partial charge in [0, 0.05) is 17.0 Å². The van der Waals surface area contributed by atoms with Crippen molar-refractivity contribution in [3.05, 3.63) is 75.3 Å². The number of nitrogens with zero attached hydrogens (tertiary/aromatic N) is 4. The first-order chi connectivity index (χ1) is 19.4. The molecule has 10 heteroatoms. The third-order valence-corrected chi connectivity index (χ3v) is 9.20. The standard InChI is InChI=1S/C30H33N5O3S2/c1-6-35(7-2)14-15-37-22-12-10-21(11-13-22)27-33-29(38-34-27)26-20(5)25-28(36)31-24(32-30(25)40-26)17-39-23-16-18(3)8-9-19(23)4/h8-13,16H,6-7,14-15,17H2,1-5H3,(H,31,32,36). The van der Waals surface area contributed by atoms with Crippen LogP contribution in [-0.2, 0) is 5.75 Å². The number of likely N-dealkylation sites (N-methyl/N-ethyl adjacent to an activating group) is 1. The van der Waals surface area contributed by atoms with Gasteiger partial charge in [0.2, 0.25) is 5.82 Å².